The van der Waals surface area contributed by atoms with Crippen LogP contribution in [0.15, 0.2) is 59.5 Å². The Labute approximate surface area is 174 Å². The molecule has 1 heterocycles. The Morgan fingerprint density at radius 3 is 2.14 bits per heavy atom. The van der Waals surface area contributed by atoms with Gasteiger partial charge in [-0.05, 0) is 29.8 Å². The van der Waals surface area contributed by atoms with E-state index in [0.717, 1.165) is 29.8 Å². The summed E-state index contributed by atoms with van der Waals surface area (Å²) in [6.45, 7) is 2.96. The van der Waals surface area contributed by atoms with E-state index < -0.39 is 27.8 Å². The quantitative estimate of drug-likeness (QED) is 0.732. The van der Waals surface area contributed by atoms with Gasteiger partial charge in [-0.1, -0.05) is 30.3 Å². The molecule has 0 amide bonds. The zero-order chi connectivity index (χ0) is 20.2. The number of hydrogen-bond acceptors (Lipinski definition) is 4. The van der Waals surface area contributed by atoms with Gasteiger partial charge in [-0.3, -0.25) is 4.90 Å². The van der Waals surface area contributed by atoms with Crippen LogP contribution in [0.2, 0.25) is 0 Å². The topological polar surface area (TPSA) is 58.6 Å². The third kappa shape index (κ3) is 6.42. The second-order valence-corrected chi connectivity index (χ2v) is 8.23. The first-order chi connectivity index (χ1) is 13.3. The number of ether oxygens (including phenoxy) is 1. The van der Waals surface area contributed by atoms with Gasteiger partial charge in [-0.25, -0.2) is 13.1 Å². The molecule has 160 valence electrons. The second kappa shape index (κ2) is 9.90. The van der Waals surface area contributed by atoms with Crippen molar-refractivity contribution < 1.29 is 26.3 Å². The van der Waals surface area contributed by atoms with Crippen molar-refractivity contribution in [3.05, 3.63) is 65.7 Å². The zero-order valence-corrected chi connectivity index (χ0v) is 17.1. The average Bonchev–Trinajstić information content (AvgIpc) is 2.68. The predicted octanol–water partition coefficient (Wildman–Crippen LogP) is 3.48. The number of sulfonamides is 1. The van der Waals surface area contributed by atoms with Crippen molar-refractivity contribution in [3.63, 3.8) is 0 Å². The summed E-state index contributed by atoms with van der Waals surface area (Å²) in [6.07, 6.45) is -4.52. The van der Waals surface area contributed by atoms with Crippen LogP contribution in [0.3, 0.4) is 0 Å². The van der Waals surface area contributed by atoms with Gasteiger partial charge >= 0.3 is 6.18 Å². The number of morpholine rings is 1. The SMILES string of the molecule is Cl.O=S(=O)(NC(CN1CCOCC1)c1ccccc1)c1ccc(C(F)(F)F)cc1. The van der Waals surface area contributed by atoms with E-state index >= 15 is 0 Å². The van der Waals surface area contributed by atoms with Crippen molar-refractivity contribution in [1.82, 2.24) is 9.62 Å². The number of alkyl halides is 3. The van der Waals surface area contributed by atoms with Gasteiger partial charge in [0.25, 0.3) is 0 Å². The molecule has 0 bridgehead atoms. The Bertz CT molecular complexity index is 872. The first-order valence-electron chi connectivity index (χ1n) is 8.80. The van der Waals surface area contributed by atoms with E-state index in [-0.39, 0.29) is 17.3 Å². The molecule has 1 fully saturated rings. The molecule has 0 saturated carbocycles. The predicted molar refractivity (Wildman–Crippen MR) is 105 cm³/mol. The van der Waals surface area contributed by atoms with Gasteiger partial charge in [0, 0.05) is 19.6 Å². The lowest BCUT2D eigenvalue weighted by atomic mass is 10.1. The Kier molecular flexibility index (Phi) is 8.07. The lowest BCUT2D eigenvalue weighted by Crippen LogP contribution is -2.43. The lowest BCUT2D eigenvalue weighted by molar-refractivity contribution is -0.137. The first-order valence-corrected chi connectivity index (χ1v) is 10.3. The minimum Gasteiger partial charge on any atom is -0.379 e. The van der Waals surface area contributed by atoms with E-state index in [9.17, 15) is 21.6 Å². The van der Waals surface area contributed by atoms with Crippen LogP contribution in [0.25, 0.3) is 0 Å². The van der Waals surface area contributed by atoms with Crippen LogP contribution in [0.5, 0.6) is 0 Å². The monoisotopic (exact) mass is 450 g/mol. The lowest BCUT2D eigenvalue weighted by Gasteiger charge is -2.31. The number of rotatable bonds is 6. The Hall–Kier alpha value is -1.65. The molecular weight excluding hydrogens is 429 g/mol. The third-order valence-corrected chi connectivity index (χ3v) is 6.02. The van der Waals surface area contributed by atoms with Gasteiger partial charge in [-0.15, -0.1) is 12.4 Å². The molecule has 2 aromatic carbocycles. The van der Waals surface area contributed by atoms with Crippen LogP contribution in [0.4, 0.5) is 13.2 Å². The van der Waals surface area contributed by atoms with E-state index in [2.05, 4.69) is 9.62 Å². The molecule has 0 aromatic heterocycles. The molecule has 1 atom stereocenters. The number of hydrogen-bond donors (Lipinski definition) is 1. The van der Waals surface area contributed by atoms with Crippen molar-refractivity contribution in [2.75, 3.05) is 32.8 Å². The minimum absolute atomic E-state index is 0. The maximum Gasteiger partial charge on any atom is 0.416 e. The van der Waals surface area contributed by atoms with Crippen LogP contribution < -0.4 is 4.72 Å². The molecule has 29 heavy (non-hydrogen) atoms. The molecule has 1 aliphatic heterocycles. The van der Waals surface area contributed by atoms with Crippen LogP contribution in [-0.4, -0.2) is 46.2 Å². The third-order valence-electron chi connectivity index (χ3n) is 4.54. The fraction of sp³-hybridized carbons (Fsp3) is 0.368. The molecule has 1 aliphatic rings. The average molecular weight is 451 g/mol. The van der Waals surface area contributed by atoms with Gasteiger partial charge in [-0.2, -0.15) is 13.2 Å². The molecule has 0 spiro atoms. The van der Waals surface area contributed by atoms with Crippen molar-refractivity contribution in [2.45, 2.75) is 17.1 Å². The van der Waals surface area contributed by atoms with Gasteiger partial charge in [0.15, 0.2) is 0 Å². The largest absolute Gasteiger partial charge is 0.416 e. The normalized spacial score (nSPS) is 16.8. The highest BCUT2D eigenvalue weighted by atomic mass is 35.5. The van der Waals surface area contributed by atoms with Gasteiger partial charge in [0.2, 0.25) is 10.0 Å². The van der Waals surface area contributed by atoms with E-state index in [4.69, 9.17) is 4.74 Å². The Morgan fingerprint density at radius 1 is 1.00 bits per heavy atom. The van der Waals surface area contributed by atoms with Crippen molar-refractivity contribution in [1.29, 1.82) is 0 Å². The number of halogens is 4. The summed E-state index contributed by atoms with van der Waals surface area (Å²) < 4.78 is 71.7. The minimum atomic E-state index is -4.52. The molecule has 10 heteroatoms. The van der Waals surface area contributed by atoms with Crippen LogP contribution in [0.1, 0.15) is 17.2 Å². The molecule has 1 N–H and O–H groups in total. The number of nitrogens with zero attached hydrogens (tertiary/aromatic N) is 1. The van der Waals surface area contributed by atoms with Crippen molar-refractivity contribution in [3.8, 4) is 0 Å². The van der Waals surface area contributed by atoms with Crippen molar-refractivity contribution >= 4 is 22.4 Å². The fourth-order valence-electron chi connectivity index (χ4n) is 3.02. The molecule has 1 unspecified atom stereocenters. The molecule has 3 rings (SSSR count). The number of benzene rings is 2. The summed E-state index contributed by atoms with van der Waals surface area (Å²) in [4.78, 5) is 1.89. The highest BCUT2D eigenvalue weighted by Gasteiger charge is 2.31. The highest BCUT2D eigenvalue weighted by Crippen LogP contribution is 2.30. The van der Waals surface area contributed by atoms with Crippen LogP contribution in [0, 0.1) is 0 Å². The molecule has 5 nitrogen and oxygen atoms in total. The molecule has 2 aromatic rings. The molecule has 1 saturated heterocycles. The second-order valence-electron chi connectivity index (χ2n) is 6.52. The Morgan fingerprint density at radius 2 is 1.59 bits per heavy atom. The molecule has 0 aliphatic carbocycles. The summed E-state index contributed by atoms with van der Waals surface area (Å²) in [7, 11) is -4.00. The Balaban J connectivity index is 0.00000300. The summed E-state index contributed by atoms with van der Waals surface area (Å²) in [5.74, 6) is 0. The van der Waals surface area contributed by atoms with Gasteiger partial charge < -0.3 is 4.74 Å². The number of nitrogens with one attached hydrogen (secondary N) is 1. The fourth-order valence-corrected chi connectivity index (χ4v) is 4.23. The highest BCUT2D eigenvalue weighted by molar-refractivity contribution is 7.89. The summed E-state index contributed by atoms with van der Waals surface area (Å²) in [5, 5.41) is 0. The summed E-state index contributed by atoms with van der Waals surface area (Å²) >= 11 is 0. The first kappa shape index (κ1) is 23.6. The van der Waals surface area contributed by atoms with E-state index in [1.165, 1.54) is 0 Å². The zero-order valence-electron chi connectivity index (χ0n) is 15.4. The van der Waals surface area contributed by atoms with Crippen LogP contribution >= 0.6 is 12.4 Å². The van der Waals surface area contributed by atoms with Crippen molar-refractivity contribution in [2.24, 2.45) is 0 Å². The summed E-state index contributed by atoms with van der Waals surface area (Å²) in [5.41, 5.74) is -0.108. The van der Waals surface area contributed by atoms with Gasteiger partial charge in [0.1, 0.15) is 0 Å². The summed E-state index contributed by atoms with van der Waals surface area (Å²) in [6, 6.07) is 12.1. The van der Waals surface area contributed by atoms with Crippen LogP contribution in [-0.2, 0) is 20.9 Å². The molecule has 0 radical (unpaired) electrons. The van der Waals surface area contributed by atoms with Gasteiger partial charge in [0.05, 0.1) is 29.7 Å². The van der Waals surface area contributed by atoms with E-state index in [1.54, 1.807) is 0 Å². The standard InChI is InChI=1S/C19H21F3N2O3S.ClH/c20-19(21,22)16-6-8-17(9-7-16)28(25,26)23-18(15-4-2-1-3-5-15)14-24-10-12-27-13-11-24;/h1-9,18,23H,10-14H2;1H. The smallest absolute Gasteiger partial charge is 0.379 e. The van der Waals surface area contributed by atoms with E-state index in [1.807, 2.05) is 30.3 Å². The maximum atomic E-state index is 12.8. The van der Waals surface area contributed by atoms with E-state index in [0.29, 0.717) is 32.8 Å². The molecular formula is C19H22ClF3N2O3S. The maximum absolute atomic E-state index is 12.8.